The molecule has 0 saturated heterocycles. The molecule has 0 amide bonds. The van der Waals surface area contributed by atoms with Crippen molar-refractivity contribution in [2.24, 2.45) is 0 Å². The van der Waals surface area contributed by atoms with Gasteiger partial charge in [-0.1, -0.05) is 12.1 Å². The lowest BCUT2D eigenvalue weighted by atomic mass is 10.3. The first-order valence-corrected chi connectivity index (χ1v) is 6.23. The molecular formula is C11H13Cl2N3. The Labute approximate surface area is 104 Å². The number of halogens is 2. The minimum absolute atomic E-state index is 0.563. The van der Waals surface area contributed by atoms with E-state index in [1.165, 1.54) is 0 Å². The van der Waals surface area contributed by atoms with Crippen molar-refractivity contribution in [3.8, 4) is 0 Å². The third-order valence-electron chi connectivity index (χ3n) is 2.39. The number of anilines is 1. The van der Waals surface area contributed by atoms with E-state index >= 15 is 0 Å². The Bertz CT molecular complexity index is 416. The number of hydrogen-bond donors (Lipinski definition) is 1. The van der Waals surface area contributed by atoms with Crippen LogP contribution in [0.4, 0.5) is 5.95 Å². The van der Waals surface area contributed by atoms with E-state index in [2.05, 4.69) is 14.9 Å². The standard InChI is InChI=1S/C11H13Cl2N3/c12-5-7-16(8-6-13)11-14-9-3-1-2-4-10(9)15-11/h1-4H,5-8H2,(H,14,15). The van der Waals surface area contributed by atoms with Gasteiger partial charge in [0.1, 0.15) is 0 Å². The van der Waals surface area contributed by atoms with Crippen LogP contribution in [-0.4, -0.2) is 34.8 Å². The van der Waals surface area contributed by atoms with E-state index in [0.29, 0.717) is 11.8 Å². The molecule has 0 radical (unpaired) electrons. The van der Waals surface area contributed by atoms with Crippen LogP contribution in [0.1, 0.15) is 0 Å². The van der Waals surface area contributed by atoms with Crippen LogP contribution in [0, 0.1) is 0 Å². The molecule has 0 atom stereocenters. The molecule has 1 N–H and O–H groups in total. The average Bonchev–Trinajstić information content (AvgIpc) is 2.72. The minimum atomic E-state index is 0.563. The Kier molecular flexibility index (Phi) is 3.91. The molecule has 0 fully saturated rings. The Hall–Kier alpha value is -0.930. The zero-order chi connectivity index (χ0) is 11.4. The van der Waals surface area contributed by atoms with Gasteiger partial charge in [0.15, 0.2) is 0 Å². The summed E-state index contributed by atoms with van der Waals surface area (Å²) >= 11 is 11.5. The van der Waals surface area contributed by atoms with Gasteiger partial charge in [-0.25, -0.2) is 4.98 Å². The third-order valence-corrected chi connectivity index (χ3v) is 2.72. The molecule has 5 heteroatoms. The van der Waals surface area contributed by atoms with Crippen LogP contribution >= 0.6 is 23.2 Å². The lowest BCUT2D eigenvalue weighted by Gasteiger charge is -2.18. The topological polar surface area (TPSA) is 31.9 Å². The van der Waals surface area contributed by atoms with Crippen molar-refractivity contribution in [2.45, 2.75) is 0 Å². The normalized spacial score (nSPS) is 10.9. The van der Waals surface area contributed by atoms with Crippen molar-refractivity contribution >= 4 is 40.2 Å². The molecule has 0 saturated carbocycles. The molecule has 86 valence electrons. The first-order valence-electron chi connectivity index (χ1n) is 5.17. The van der Waals surface area contributed by atoms with Crippen LogP contribution in [0.25, 0.3) is 11.0 Å². The molecule has 0 aliphatic carbocycles. The summed E-state index contributed by atoms with van der Waals surface area (Å²) in [5.74, 6) is 1.96. The first kappa shape index (κ1) is 11.6. The van der Waals surface area contributed by atoms with Crippen molar-refractivity contribution < 1.29 is 0 Å². The van der Waals surface area contributed by atoms with Gasteiger partial charge in [-0.3, -0.25) is 0 Å². The van der Waals surface area contributed by atoms with Gasteiger partial charge in [0.05, 0.1) is 11.0 Å². The van der Waals surface area contributed by atoms with E-state index in [9.17, 15) is 0 Å². The molecule has 0 spiro atoms. The predicted molar refractivity (Wildman–Crippen MR) is 69.7 cm³/mol. The SMILES string of the molecule is ClCCN(CCCl)c1nc2ccccc2[nH]1. The minimum Gasteiger partial charge on any atom is -0.340 e. The maximum absolute atomic E-state index is 5.75. The molecule has 3 nitrogen and oxygen atoms in total. The average molecular weight is 258 g/mol. The number of aromatic nitrogens is 2. The summed E-state index contributed by atoms with van der Waals surface area (Å²) in [7, 11) is 0. The second-order valence-electron chi connectivity index (χ2n) is 3.44. The fourth-order valence-electron chi connectivity index (χ4n) is 1.62. The van der Waals surface area contributed by atoms with Gasteiger partial charge in [0.2, 0.25) is 5.95 Å². The van der Waals surface area contributed by atoms with E-state index in [-0.39, 0.29) is 0 Å². The highest BCUT2D eigenvalue weighted by atomic mass is 35.5. The summed E-state index contributed by atoms with van der Waals surface area (Å²) < 4.78 is 0. The Morgan fingerprint density at radius 2 is 1.81 bits per heavy atom. The molecule has 16 heavy (non-hydrogen) atoms. The lowest BCUT2D eigenvalue weighted by molar-refractivity contribution is 0.842. The van der Waals surface area contributed by atoms with E-state index in [1.54, 1.807) is 0 Å². The van der Waals surface area contributed by atoms with Gasteiger partial charge in [-0.2, -0.15) is 0 Å². The molecule has 1 heterocycles. The molecule has 2 aromatic rings. The number of H-pyrrole nitrogens is 1. The van der Waals surface area contributed by atoms with Crippen LogP contribution < -0.4 is 4.90 Å². The molecule has 0 bridgehead atoms. The molecular weight excluding hydrogens is 245 g/mol. The fourth-order valence-corrected chi connectivity index (χ4v) is 2.02. The number of alkyl halides is 2. The van der Waals surface area contributed by atoms with Crippen molar-refractivity contribution in [2.75, 3.05) is 29.7 Å². The van der Waals surface area contributed by atoms with Crippen molar-refractivity contribution in [3.63, 3.8) is 0 Å². The zero-order valence-corrected chi connectivity index (χ0v) is 10.3. The second kappa shape index (κ2) is 5.41. The van der Waals surface area contributed by atoms with Gasteiger partial charge in [0, 0.05) is 24.8 Å². The van der Waals surface area contributed by atoms with Gasteiger partial charge in [-0.05, 0) is 12.1 Å². The summed E-state index contributed by atoms with van der Waals surface area (Å²) in [6.07, 6.45) is 0. The van der Waals surface area contributed by atoms with Crippen molar-refractivity contribution in [1.82, 2.24) is 9.97 Å². The maximum Gasteiger partial charge on any atom is 0.203 e. The number of rotatable bonds is 5. The first-order chi connectivity index (χ1) is 7.85. The van der Waals surface area contributed by atoms with Crippen LogP contribution in [0.5, 0.6) is 0 Å². The highest BCUT2D eigenvalue weighted by Gasteiger charge is 2.09. The number of benzene rings is 1. The summed E-state index contributed by atoms with van der Waals surface area (Å²) in [4.78, 5) is 9.82. The van der Waals surface area contributed by atoms with Gasteiger partial charge >= 0.3 is 0 Å². The highest BCUT2D eigenvalue weighted by Crippen LogP contribution is 2.16. The van der Waals surface area contributed by atoms with Crippen molar-refractivity contribution in [3.05, 3.63) is 24.3 Å². The molecule has 0 aliphatic rings. The van der Waals surface area contributed by atoms with Crippen molar-refractivity contribution in [1.29, 1.82) is 0 Å². The third kappa shape index (κ3) is 2.42. The van der Waals surface area contributed by atoms with Crippen LogP contribution in [0.15, 0.2) is 24.3 Å². The predicted octanol–water partition coefficient (Wildman–Crippen LogP) is 2.85. The zero-order valence-electron chi connectivity index (χ0n) is 8.79. The monoisotopic (exact) mass is 257 g/mol. The Balaban J connectivity index is 2.29. The molecule has 1 aromatic carbocycles. The Morgan fingerprint density at radius 3 is 2.44 bits per heavy atom. The summed E-state index contributed by atoms with van der Waals surface area (Å²) in [5, 5.41) is 0. The molecule has 0 unspecified atom stereocenters. The number of para-hydroxylation sites is 2. The summed E-state index contributed by atoms with van der Waals surface area (Å²) in [6.45, 7) is 1.49. The number of fused-ring (bicyclic) bond motifs is 1. The number of nitrogens with one attached hydrogen (secondary N) is 1. The molecule has 2 rings (SSSR count). The van der Waals surface area contributed by atoms with Crippen LogP contribution in [0.2, 0.25) is 0 Å². The number of aromatic amines is 1. The van der Waals surface area contributed by atoms with Gasteiger partial charge < -0.3 is 9.88 Å². The molecule has 1 aromatic heterocycles. The van der Waals surface area contributed by atoms with Crippen LogP contribution in [-0.2, 0) is 0 Å². The van der Waals surface area contributed by atoms with E-state index in [1.807, 2.05) is 24.3 Å². The summed E-state index contributed by atoms with van der Waals surface area (Å²) in [6, 6.07) is 7.94. The van der Waals surface area contributed by atoms with E-state index in [0.717, 1.165) is 30.1 Å². The highest BCUT2D eigenvalue weighted by molar-refractivity contribution is 6.18. The van der Waals surface area contributed by atoms with Gasteiger partial charge in [-0.15, -0.1) is 23.2 Å². The quantitative estimate of drug-likeness (QED) is 0.836. The fraction of sp³-hybridized carbons (Fsp3) is 0.364. The van der Waals surface area contributed by atoms with Gasteiger partial charge in [0.25, 0.3) is 0 Å². The maximum atomic E-state index is 5.75. The van der Waals surface area contributed by atoms with E-state index < -0.39 is 0 Å². The van der Waals surface area contributed by atoms with E-state index in [4.69, 9.17) is 23.2 Å². The Morgan fingerprint density at radius 1 is 1.12 bits per heavy atom. The largest absolute Gasteiger partial charge is 0.340 e. The van der Waals surface area contributed by atoms with Crippen LogP contribution in [0.3, 0.4) is 0 Å². The number of imidazole rings is 1. The number of hydrogen-bond acceptors (Lipinski definition) is 2. The second-order valence-corrected chi connectivity index (χ2v) is 4.20. The lowest BCUT2D eigenvalue weighted by Crippen LogP contribution is -2.28. The smallest absolute Gasteiger partial charge is 0.203 e. The number of nitrogens with zero attached hydrogens (tertiary/aromatic N) is 2. The summed E-state index contributed by atoms with van der Waals surface area (Å²) in [5.41, 5.74) is 2.00. The molecule has 0 aliphatic heterocycles.